The van der Waals surface area contributed by atoms with Crippen molar-refractivity contribution < 1.29 is 21.6 Å². The number of benzene rings is 1. The highest BCUT2D eigenvalue weighted by Gasteiger charge is 2.46. The molecule has 0 bridgehead atoms. The summed E-state index contributed by atoms with van der Waals surface area (Å²) in [5, 5.41) is -0.472. The zero-order chi connectivity index (χ0) is 22.6. The largest absolute Gasteiger partial charge is 0.370 e. The van der Waals surface area contributed by atoms with Crippen LogP contribution in [0, 0.1) is 23.0 Å². The minimum atomic E-state index is -4.73. The molecule has 1 N–H and O–H groups in total. The molecule has 2 atom stereocenters. The van der Waals surface area contributed by atoms with Crippen molar-refractivity contribution in [1.29, 1.82) is 0 Å². The Bertz CT molecular complexity index is 1130. The van der Waals surface area contributed by atoms with Crippen LogP contribution in [0.25, 0.3) is 0 Å². The van der Waals surface area contributed by atoms with Gasteiger partial charge < -0.3 is 9.80 Å². The maximum atomic E-state index is 15.0. The SMILES string of the molecule is CN1CCC1C1(C)CCN(c2cc(F)c(S(=O)(=O)Nc3cccc(F)n3)c(F)c2Cl)C1. The number of likely N-dealkylation sites (tertiary alicyclic amines) is 1. The van der Waals surface area contributed by atoms with Gasteiger partial charge in [-0.3, -0.25) is 4.72 Å². The summed E-state index contributed by atoms with van der Waals surface area (Å²) in [6, 6.07) is 4.71. The first kappa shape index (κ1) is 22.2. The molecule has 3 heterocycles. The third-order valence-corrected chi connectivity index (χ3v) is 8.01. The summed E-state index contributed by atoms with van der Waals surface area (Å²) >= 11 is 6.17. The average molecular weight is 475 g/mol. The van der Waals surface area contributed by atoms with Crippen LogP contribution in [-0.4, -0.2) is 51.0 Å². The maximum Gasteiger partial charge on any atom is 0.268 e. The van der Waals surface area contributed by atoms with E-state index in [0.717, 1.165) is 37.6 Å². The molecule has 2 saturated heterocycles. The first-order valence-electron chi connectivity index (χ1n) is 9.80. The van der Waals surface area contributed by atoms with E-state index in [-0.39, 0.29) is 11.1 Å². The number of anilines is 2. The van der Waals surface area contributed by atoms with Gasteiger partial charge in [0, 0.05) is 30.6 Å². The highest BCUT2D eigenvalue weighted by molar-refractivity contribution is 7.92. The van der Waals surface area contributed by atoms with Crippen molar-refractivity contribution in [3.63, 3.8) is 0 Å². The smallest absolute Gasteiger partial charge is 0.268 e. The van der Waals surface area contributed by atoms with Crippen molar-refractivity contribution in [1.82, 2.24) is 9.88 Å². The molecule has 31 heavy (non-hydrogen) atoms. The average Bonchev–Trinajstić information content (AvgIpc) is 3.04. The van der Waals surface area contributed by atoms with Crippen LogP contribution >= 0.6 is 11.6 Å². The van der Waals surface area contributed by atoms with E-state index in [1.165, 1.54) is 6.07 Å². The van der Waals surface area contributed by atoms with Gasteiger partial charge in [-0.05, 0) is 38.6 Å². The second-order valence-electron chi connectivity index (χ2n) is 8.40. The van der Waals surface area contributed by atoms with Crippen LogP contribution in [0.3, 0.4) is 0 Å². The Balaban J connectivity index is 1.64. The molecule has 2 aliphatic rings. The number of sulfonamides is 1. The van der Waals surface area contributed by atoms with Crippen LogP contribution in [0.2, 0.25) is 5.02 Å². The van der Waals surface area contributed by atoms with Gasteiger partial charge >= 0.3 is 0 Å². The minimum Gasteiger partial charge on any atom is -0.370 e. The number of halogens is 4. The van der Waals surface area contributed by atoms with E-state index in [4.69, 9.17) is 11.6 Å². The summed E-state index contributed by atoms with van der Waals surface area (Å²) < 4.78 is 70.2. The summed E-state index contributed by atoms with van der Waals surface area (Å²) in [7, 11) is -2.68. The molecule has 2 unspecified atom stereocenters. The quantitative estimate of drug-likeness (QED) is 0.526. The molecule has 0 saturated carbocycles. The van der Waals surface area contributed by atoms with Crippen molar-refractivity contribution in [2.45, 2.75) is 30.7 Å². The number of nitrogens with one attached hydrogen (secondary N) is 1. The summed E-state index contributed by atoms with van der Waals surface area (Å²) in [5.74, 6) is -4.02. The van der Waals surface area contributed by atoms with Crippen LogP contribution in [-0.2, 0) is 10.0 Å². The monoisotopic (exact) mass is 474 g/mol. The lowest BCUT2D eigenvalue weighted by atomic mass is 9.75. The van der Waals surface area contributed by atoms with Crippen molar-refractivity contribution in [2.24, 2.45) is 5.41 Å². The first-order valence-corrected chi connectivity index (χ1v) is 11.7. The van der Waals surface area contributed by atoms with Crippen LogP contribution in [0.4, 0.5) is 24.7 Å². The van der Waals surface area contributed by atoms with Gasteiger partial charge in [0.2, 0.25) is 5.95 Å². The van der Waals surface area contributed by atoms with E-state index in [1.807, 2.05) is 4.72 Å². The molecule has 0 amide bonds. The number of nitrogens with zero attached hydrogens (tertiary/aromatic N) is 3. The second kappa shape index (κ2) is 7.83. The maximum absolute atomic E-state index is 15.0. The molecule has 0 aliphatic carbocycles. The predicted octanol–water partition coefficient (Wildman–Crippen LogP) is 3.87. The minimum absolute atomic E-state index is 0.0569. The molecule has 0 spiro atoms. The lowest BCUT2D eigenvalue weighted by molar-refractivity contribution is 0.0271. The molecule has 6 nitrogen and oxygen atoms in total. The van der Waals surface area contributed by atoms with E-state index >= 15 is 4.39 Å². The third kappa shape index (κ3) is 3.96. The van der Waals surface area contributed by atoms with Crippen LogP contribution < -0.4 is 9.62 Å². The molecule has 0 radical (unpaired) electrons. The van der Waals surface area contributed by atoms with E-state index in [9.17, 15) is 17.2 Å². The lowest BCUT2D eigenvalue weighted by Gasteiger charge is -2.48. The Morgan fingerprint density at radius 1 is 1.26 bits per heavy atom. The first-order chi connectivity index (χ1) is 14.5. The Morgan fingerprint density at radius 2 is 2.00 bits per heavy atom. The van der Waals surface area contributed by atoms with Crippen LogP contribution in [0.5, 0.6) is 0 Å². The van der Waals surface area contributed by atoms with Gasteiger partial charge in [-0.15, -0.1) is 0 Å². The Labute approximate surface area is 184 Å². The highest BCUT2D eigenvalue weighted by Crippen LogP contribution is 2.45. The van der Waals surface area contributed by atoms with Crippen molar-refractivity contribution in [2.75, 3.05) is 36.3 Å². The van der Waals surface area contributed by atoms with Crippen molar-refractivity contribution in [3.05, 3.63) is 46.9 Å². The molecular formula is C20H22ClF3N4O2S. The second-order valence-corrected chi connectivity index (χ2v) is 10.4. The number of hydrogen-bond acceptors (Lipinski definition) is 5. The van der Waals surface area contributed by atoms with Gasteiger partial charge in [0.05, 0.1) is 5.69 Å². The van der Waals surface area contributed by atoms with E-state index in [1.54, 1.807) is 4.90 Å². The van der Waals surface area contributed by atoms with E-state index in [0.29, 0.717) is 19.1 Å². The zero-order valence-corrected chi connectivity index (χ0v) is 18.6. The fraction of sp³-hybridized carbons (Fsp3) is 0.450. The highest BCUT2D eigenvalue weighted by atomic mass is 35.5. The van der Waals surface area contributed by atoms with Gasteiger partial charge in [0.15, 0.2) is 10.7 Å². The van der Waals surface area contributed by atoms with Gasteiger partial charge in [-0.2, -0.15) is 4.39 Å². The Morgan fingerprint density at radius 3 is 2.61 bits per heavy atom. The van der Waals surface area contributed by atoms with E-state index in [2.05, 4.69) is 23.9 Å². The molecule has 168 valence electrons. The number of aromatic nitrogens is 1. The van der Waals surface area contributed by atoms with E-state index < -0.39 is 43.3 Å². The topological polar surface area (TPSA) is 65.5 Å². The van der Waals surface area contributed by atoms with Crippen molar-refractivity contribution >= 4 is 33.1 Å². The number of rotatable bonds is 5. The zero-order valence-electron chi connectivity index (χ0n) is 17.0. The molecule has 1 aromatic carbocycles. The van der Waals surface area contributed by atoms with Crippen LogP contribution in [0.1, 0.15) is 19.8 Å². The summed E-state index contributed by atoms with van der Waals surface area (Å²) in [4.78, 5) is 6.17. The number of pyridine rings is 1. The lowest BCUT2D eigenvalue weighted by Crippen LogP contribution is -2.55. The van der Waals surface area contributed by atoms with Gasteiger partial charge in [0.25, 0.3) is 10.0 Å². The molecule has 1 aromatic heterocycles. The molecule has 2 aliphatic heterocycles. The van der Waals surface area contributed by atoms with Crippen LogP contribution in [0.15, 0.2) is 29.2 Å². The van der Waals surface area contributed by atoms with Gasteiger partial charge in [0.1, 0.15) is 16.7 Å². The molecule has 4 rings (SSSR count). The predicted molar refractivity (Wildman–Crippen MR) is 112 cm³/mol. The fourth-order valence-electron chi connectivity index (χ4n) is 4.56. The normalized spacial score (nSPS) is 24.3. The molecule has 2 fully saturated rings. The van der Waals surface area contributed by atoms with Gasteiger partial charge in [-0.25, -0.2) is 22.2 Å². The van der Waals surface area contributed by atoms with Gasteiger partial charge in [-0.1, -0.05) is 24.6 Å². The standard InChI is InChI=1S/C20H22ClF3N4O2S/c1-20(14-6-8-27(14)2)7-9-28(11-20)13-10-12(22)19(18(24)17(13)21)31(29,30)26-16-5-3-4-15(23)25-16/h3-5,10,14H,6-9,11H2,1-2H3,(H,25,26). The fourth-order valence-corrected chi connectivity index (χ4v) is 6.02. The summed E-state index contributed by atoms with van der Waals surface area (Å²) in [5.41, 5.74) is 0.0590. The molecule has 2 aromatic rings. The van der Waals surface area contributed by atoms with Crippen molar-refractivity contribution in [3.8, 4) is 0 Å². The number of hydrogen-bond donors (Lipinski definition) is 1. The Kier molecular flexibility index (Phi) is 5.60. The third-order valence-electron chi connectivity index (χ3n) is 6.26. The molecular weight excluding hydrogens is 453 g/mol. The Hall–Kier alpha value is -2.04. The summed E-state index contributed by atoms with van der Waals surface area (Å²) in [6.45, 7) is 4.27. The molecule has 11 heteroatoms. The summed E-state index contributed by atoms with van der Waals surface area (Å²) in [6.07, 6.45) is 1.89.